The molecule has 5 atom stereocenters. The lowest BCUT2D eigenvalue weighted by Gasteiger charge is -2.43. The number of aliphatic hydroxyl groups is 1. The minimum atomic E-state index is -0.871. The van der Waals surface area contributed by atoms with Crippen molar-refractivity contribution < 1.29 is 33.2 Å². The molecule has 32 heavy (non-hydrogen) atoms. The maximum atomic E-state index is 12.9. The van der Waals surface area contributed by atoms with E-state index in [9.17, 15) is 23.7 Å². The Bertz CT molecular complexity index is 862. The Hall–Kier alpha value is -1.04. The average molecular weight is 506 g/mol. The minimum Gasteiger partial charge on any atom is -0.427 e. The van der Waals surface area contributed by atoms with Gasteiger partial charge in [-0.25, -0.2) is 4.79 Å². The molecule has 0 aromatic carbocycles. The maximum absolute atomic E-state index is 12.9. The summed E-state index contributed by atoms with van der Waals surface area (Å²) < 4.78 is 22.8. The highest BCUT2D eigenvalue weighted by Crippen LogP contribution is 2.55. The fraction of sp³-hybridized carbons (Fsp3) is 0.762. The third-order valence-corrected chi connectivity index (χ3v) is 11.1. The summed E-state index contributed by atoms with van der Waals surface area (Å²) in [7, 11) is -0.871. The van der Waals surface area contributed by atoms with Crippen molar-refractivity contribution in [3.05, 3.63) is 9.93 Å². The standard InChI is InChI=1S/C21H31NO7S3/c1-11(23)13-15(24)22-14(18(31-16(13)22)30-12-7-8-32(27)9-12)17(25)28-10-29-19(26)21(5,6)20(2,3)4/h11-13,16,23H,7-10H2,1-6H3/t11-,12+,13+,16-,32-/m1/s1. The third kappa shape index (κ3) is 4.76. The fourth-order valence-electron chi connectivity index (χ4n) is 3.40. The van der Waals surface area contributed by atoms with Crippen LogP contribution in [0.2, 0.25) is 0 Å². The van der Waals surface area contributed by atoms with Crippen LogP contribution < -0.4 is 0 Å². The Kier molecular flexibility index (Phi) is 7.44. The topological polar surface area (TPSA) is 110 Å². The number of carbonyl (C=O) groups excluding carboxylic acids is 3. The zero-order valence-electron chi connectivity index (χ0n) is 19.2. The van der Waals surface area contributed by atoms with Crippen LogP contribution in [-0.2, 0) is 34.7 Å². The number of β-lactam (4-membered cyclic amide) rings is 1. The molecule has 180 valence electrons. The van der Waals surface area contributed by atoms with Crippen molar-refractivity contribution in [3.8, 4) is 0 Å². The molecule has 0 aromatic heterocycles. The number of fused-ring (bicyclic) bond motifs is 1. The van der Waals surface area contributed by atoms with Gasteiger partial charge in [-0.2, -0.15) is 0 Å². The number of nitrogens with zero attached hydrogens (tertiary/aromatic N) is 1. The quantitative estimate of drug-likeness (QED) is 0.317. The molecule has 0 radical (unpaired) electrons. The normalized spacial score (nSPS) is 29.0. The van der Waals surface area contributed by atoms with Gasteiger partial charge in [0.1, 0.15) is 5.37 Å². The van der Waals surface area contributed by atoms with Crippen LogP contribution in [0, 0.1) is 16.7 Å². The Balaban J connectivity index is 1.70. The van der Waals surface area contributed by atoms with E-state index in [4.69, 9.17) is 9.47 Å². The molecule has 2 saturated heterocycles. The van der Waals surface area contributed by atoms with Crippen LogP contribution in [0.25, 0.3) is 0 Å². The SMILES string of the molecule is C[C@@H](O)[C@H]1C(=O)N2C(C(=O)OCOC(=O)C(C)(C)C(C)(C)C)=C(S[C@H]3CC[S@@](=O)C3)S[C@H]12. The van der Waals surface area contributed by atoms with Gasteiger partial charge in [0.05, 0.1) is 21.7 Å². The summed E-state index contributed by atoms with van der Waals surface area (Å²) >= 11 is 2.78. The molecule has 3 aliphatic heterocycles. The van der Waals surface area contributed by atoms with E-state index in [1.165, 1.54) is 28.4 Å². The molecule has 0 saturated carbocycles. The van der Waals surface area contributed by atoms with Crippen LogP contribution in [0.15, 0.2) is 9.93 Å². The Morgan fingerprint density at radius 1 is 1.28 bits per heavy atom. The Morgan fingerprint density at radius 2 is 1.94 bits per heavy atom. The molecule has 1 amide bonds. The molecule has 2 fully saturated rings. The van der Waals surface area contributed by atoms with Gasteiger partial charge in [-0.1, -0.05) is 32.5 Å². The highest BCUT2D eigenvalue weighted by atomic mass is 32.2. The van der Waals surface area contributed by atoms with E-state index in [0.29, 0.717) is 15.7 Å². The zero-order valence-corrected chi connectivity index (χ0v) is 21.7. The third-order valence-electron chi connectivity index (χ3n) is 6.54. The second-order valence-electron chi connectivity index (χ2n) is 9.81. The molecular formula is C21H31NO7S3. The average Bonchev–Trinajstić information content (AvgIpc) is 3.21. The number of carbonyl (C=O) groups is 3. The number of amides is 1. The van der Waals surface area contributed by atoms with Gasteiger partial charge in [-0.3, -0.25) is 18.7 Å². The molecule has 3 heterocycles. The van der Waals surface area contributed by atoms with Gasteiger partial charge in [-0.05, 0) is 32.6 Å². The van der Waals surface area contributed by atoms with E-state index in [1.807, 2.05) is 20.8 Å². The lowest BCUT2D eigenvalue weighted by Crippen LogP contribution is -2.60. The summed E-state index contributed by atoms with van der Waals surface area (Å²) in [5.74, 6) is -1.00. The largest absolute Gasteiger partial charge is 0.427 e. The molecule has 0 spiro atoms. The van der Waals surface area contributed by atoms with Crippen molar-refractivity contribution in [1.29, 1.82) is 0 Å². The lowest BCUT2D eigenvalue weighted by molar-refractivity contribution is -0.178. The predicted molar refractivity (Wildman–Crippen MR) is 125 cm³/mol. The maximum Gasteiger partial charge on any atom is 0.359 e. The first-order valence-corrected chi connectivity index (χ1v) is 13.8. The molecule has 8 nitrogen and oxygen atoms in total. The van der Waals surface area contributed by atoms with Crippen molar-refractivity contribution in [2.75, 3.05) is 18.3 Å². The highest BCUT2D eigenvalue weighted by Gasteiger charge is 2.58. The smallest absolute Gasteiger partial charge is 0.359 e. The van der Waals surface area contributed by atoms with Crippen molar-refractivity contribution in [1.82, 2.24) is 4.90 Å². The number of rotatable bonds is 7. The van der Waals surface area contributed by atoms with Gasteiger partial charge in [0.15, 0.2) is 5.70 Å². The van der Waals surface area contributed by atoms with E-state index >= 15 is 0 Å². The first-order valence-electron chi connectivity index (χ1n) is 10.5. The molecule has 11 heteroatoms. The second-order valence-corrected chi connectivity index (χ2v) is 14.1. The molecule has 0 unspecified atom stereocenters. The molecule has 1 N–H and O–H groups in total. The number of esters is 2. The summed E-state index contributed by atoms with van der Waals surface area (Å²) in [4.78, 5) is 39.4. The Morgan fingerprint density at radius 3 is 2.47 bits per heavy atom. The summed E-state index contributed by atoms with van der Waals surface area (Å²) in [5.41, 5.74) is -1.02. The van der Waals surface area contributed by atoms with E-state index in [-0.39, 0.29) is 27.6 Å². The van der Waals surface area contributed by atoms with Crippen LogP contribution in [-0.4, -0.2) is 67.1 Å². The van der Waals surface area contributed by atoms with Crippen LogP contribution in [0.4, 0.5) is 0 Å². The first kappa shape index (κ1) is 25.6. The number of aliphatic hydroxyl groups excluding tert-OH is 1. The van der Waals surface area contributed by atoms with Crippen molar-refractivity contribution in [3.63, 3.8) is 0 Å². The van der Waals surface area contributed by atoms with E-state index in [1.54, 1.807) is 20.8 Å². The fourth-order valence-corrected chi connectivity index (χ4v) is 8.64. The van der Waals surface area contributed by atoms with Crippen LogP contribution in [0.3, 0.4) is 0 Å². The monoisotopic (exact) mass is 505 g/mol. The van der Waals surface area contributed by atoms with Gasteiger partial charge >= 0.3 is 11.9 Å². The molecule has 0 aromatic rings. The lowest BCUT2D eigenvalue weighted by atomic mass is 9.69. The van der Waals surface area contributed by atoms with E-state index < -0.39 is 47.0 Å². The van der Waals surface area contributed by atoms with Gasteiger partial charge < -0.3 is 14.6 Å². The zero-order chi connectivity index (χ0) is 24.0. The molecular weight excluding hydrogens is 474 g/mol. The molecule has 3 aliphatic rings. The van der Waals surface area contributed by atoms with Gasteiger partial charge in [0.2, 0.25) is 12.7 Å². The summed E-state index contributed by atoms with van der Waals surface area (Å²) in [6.45, 7) is 10.3. The van der Waals surface area contributed by atoms with Crippen LogP contribution in [0.1, 0.15) is 48.0 Å². The summed E-state index contributed by atoms with van der Waals surface area (Å²) in [5, 5.41) is 9.68. The number of ether oxygens (including phenoxy) is 2. The van der Waals surface area contributed by atoms with Crippen molar-refractivity contribution in [2.45, 2.75) is 64.7 Å². The van der Waals surface area contributed by atoms with E-state index in [0.717, 1.165) is 6.42 Å². The van der Waals surface area contributed by atoms with Gasteiger partial charge in [0.25, 0.3) is 0 Å². The van der Waals surface area contributed by atoms with Gasteiger partial charge in [-0.15, -0.1) is 11.8 Å². The second kappa shape index (κ2) is 9.31. The summed E-state index contributed by atoms with van der Waals surface area (Å²) in [6, 6.07) is 0. The summed E-state index contributed by atoms with van der Waals surface area (Å²) in [6.07, 6.45) is -0.0702. The number of hydrogen-bond donors (Lipinski definition) is 1. The Labute approximate surface area is 199 Å². The molecule has 0 bridgehead atoms. The first-order chi connectivity index (χ1) is 14.8. The molecule has 3 rings (SSSR count). The van der Waals surface area contributed by atoms with Crippen molar-refractivity contribution in [2.24, 2.45) is 16.7 Å². The number of hydrogen-bond acceptors (Lipinski definition) is 9. The van der Waals surface area contributed by atoms with Crippen molar-refractivity contribution >= 4 is 52.2 Å². The van der Waals surface area contributed by atoms with Crippen LogP contribution in [0.5, 0.6) is 0 Å². The number of thioether (sulfide) groups is 2. The van der Waals surface area contributed by atoms with Gasteiger partial charge in [0, 0.05) is 27.6 Å². The predicted octanol–water partition coefficient (Wildman–Crippen LogP) is 2.44. The highest BCUT2D eigenvalue weighted by molar-refractivity contribution is 8.23. The van der Waals surface area contributed by atoms with E-state index in [2.05, 4.69) is 0 Å². The minimum absolute atomic E-state index is 0.0883. The van der Waals surface area contributed by atoms with Crippen LogP contribution >= 0.6 is 23.5 Å². The molecule has 0 aliphatic carbocycles.